The second kappa shape index (κ2) is 9.11. The van der Waals surface area contributed by atoms with Crippen molar-refractivity contribution < 1.29 is 17.3 Å². The minimum Gasteiger partial charge on any atom is -0.463 e. The number of para-hydroxylation sites is 1. The van der Waals surface area contributed by atoms with Crippen molar-refractivity contribution in [3.63, 3.8) is 0 Å². The molecule has 2 aromatic carbocycles. The van der Waals surface area contributed by atoms with E-state index in [9.17, 15) is 4.21 Å². The maximum absolute atomic E-state index is 11.6. The molecule has 0 radical (unpaired) electrons. The summed E-state index contributed by atoms with van der Waals surface area (Å²) in [5.41, 5.74) is 1.97. The summed E-state index contributed by atoms with van der Waals surface area (Å²) in [4.78, 5) is 0. The Morgan fingerprint density at radius 3 is 2.52 bits per heavy atom. The Morgan fingerprint density at radius 2 is 1.78 bits per heavy atom. The first-order valence-corrected chi connectivity index (χ1v) is 8.13. The second-order valence-corrected chi connectivity index (χ2v) is 5.37. The lowest BCUT2D eigenvalue weighted by Gasteiger charge is -2.16. The van der Waals surface area contributed by atoms with Crippen LogP contribution in [0.4, 0.5) is 0 Å². The fourth-order valence-corrected chi connectivity index (χ4v) is 2.38. The van der Waals surface area contributed by atoms with Crippen molar-refractivity contribution in [2.45, 2.75) is 20.1 Å². The van der Waals surface area contributed by atoms with Crippen molar-refractivity contribution in [2.75, 3.05) is 6.61 Å². The smallest absolute Gasteiger partial charge is 0.309 e. The molecule has 0 heterocycles. The van der Waals surface area contributed by atoms with E-state index in [-0.39, 0.29) is 6.61 Å². The molecule has 0 saturated carbocycles. The third-order valence-corrected chi connectivity index (χ3v) is 3.62. The highest BCUT2D eigenvalue weighted by Crippen LogP contribution is 2.30. The Balaban J connectivity index is 2.02. The lowest BCUT2D eigenvalue weighted by Crippen LogP contribution is -2.19. The third-order valence-electron chi connectivity index (χ3n) is 2.88. The van der Waals surface area contributed by atoms with Crippen molar-refractivity contribution in [2.24, 2.45) is 0 Å². The normalized spacial score (nSPS) is 12.8. The molecule has 0 saturated heterocycles. The number of rotatable bonds is 7. The van der Waals surface area contributed by atoms with Crippen LogP contribution in [-0.4, -0.2) is 17.1 Å². The van der Waals surface area contributed by atoms with Gasteiger partial charge in [-0.25, -0.2) is 4.18 Å². The molecule has 23 heavy (non-hydrogen) atoms. The van der Waals surface area contributed by atoms with Gasteiger partial charge in [0.25, 0.3) is 0 Å². The minimum absolute atomic E-state index is 0.0520. The van der Waals surface area contributed by atoms with Crippen LogP contribution in [0.25, 0.3) is 11.1 Å². The summed E-state index contributed by atoms with van der Waals surface area (Å²) in [6.45, 7) is 3.39. The molecule has 2 rings (SSSR count). The Morgan fingerprint density at radius 1 is 1.09 bits per heavy atom. The van der Waals surface area contributed by atoms with Crippen molar-refractivity contribution >= 4 is 11.4 Å². The summed E-state index contributed by atoms with van der Waals surface area (Å²) in [6.07, 6.45) is -0.727. The molecule has 0 N–H and O–H groups in total. The van der Waals surface area contributed by atoms with Crippen LogP contribution in [0.15, 0.2) is 54.6 Å². The highest BCUT2D eigenvalue weighted by molar-refractivity contribution is 7.75. The third kappa shape index (κ3) is 5.53. The molecular weight excluding hydrogens is 312 g/mol. The molecular formula is C18H18O4S. The van der Waals surface area contributed by atoms with Crippen molar-refractivity contribution in [1.29, 1.82) is 0 Å². The van der Waals surface area contributed by atoms with Gasteiger partial charge in [0, 0.05) is 5.56 Å². The predicted octanol–water partition coefficient (Wildman–Crippen LogP) is 3.71. The molecule has 2 aromatic rings. The van der Waals surface area contributed by atoms with Crippen LogP contribution in [0.2, 0.25) is 0 Å². The van der Waals surface area contributed by atoms with Crippen LogP contribution in [0.1, 0.15) is 13.8 Å². The molecule has 0 spiro atoms. The number of benzene rings is 2. The first-order valence-electron chi connectivity index (χ1n) is 7.13. The summed E-state index contributed by atoms with van der Waals surface area (Å²) in [6, 6.07) is 17.5. The molecule has 0 aliphatic rings. The summed E-state index contributed by atoms with van der Waals surface area (Å²) in [5, 5.41) is 0. The minimum atomic E-state index is -1.90. The first kappa shape index (κ1) is 17.2. The fraction of sp³-hybridized carbons (Fsp3) is 0.222. The maximum atomic E-state index is 11.6. The zero-order valence-corrected chi connectivity index (χ0v) is 13.8. The Hall–Kier alpha value is -2.13. The zero-order valence-electron chi connectivity index (χ0n) is 13.0. The van der Waals surface area contributed by atoms with Crippen LogP contribution in [-0.2, 0) is 19.7 Å². The van der Waals surface area contributed by atoms with E-state index < -0.39 is 17.7 Å². The van der Waals surface area contributed by atoms with Gasteiger partial charge in [0.1, 0.15) is 12.4 Å². The molecule has 0 aromatic heterocycles. The molecule has 120 valence electrons. The maximum Gasteiger partial charge on any atom is 0.309 e. The van der Waals surface area contributed by atoms with Gasteiger partial charge in [-0.15, -0.1) is 5.92 Å². The molecule has 0 aliphatic heterocycles. The van der Waals surface area contributed by atoms with Gasteiger partial charge in [-0.1, -0.05) is 54.5 Å². The van der Waals surface area contributed by atoms with E-state index in [0.717, 1.165) is 11.1 Å². The molecule has 4 nitrogen and oxygen atoms in total. The van der Waals surface area contributed by atoms with E-state index in [1.54, 1.807) is 13.8 Å². The van der Waals surface area contributed by atoms with E-state index in [2.05, 4.69) is 11.8 Å². The topological polar surface area (TPSA) is 44.8 Å². The van der Waals surface area contributed by atoms with Gasteiger partial charge in [-0.2, -0.15) is 4.21 Å². The van der Waals surface area contributed by atoms with E-state index in [1.165, 1.54) is 0 Å². The van der Waals surface area contributed by atoms with Crippen LogP contribution >= 0.6 is 0 Å². The number of ether oxygens (including phenoxy) is 1. The molecule has 0 amide bonds. The van der Waals surface area contributed by atoms with E-state index in [0.29, 0.717) is 5.75 Å². The number of hydrogen-bond donors (Lipinski definition) is 0. The zero-order chi connectivity index (χ0) is 16.5. The first-order chi connectivity index (χ1) is 11.2. The van der Waals surface area contributed by atoms with E-state index in [1.807, 2.05) is 54.6 Å². The Bertz CT molecular complexity index is 704. The lowest BCUT2D eigenvalue weighted by atomic mass is 10.1. The Kier molecular flexibility index (Phi) is 6.82. The molecule has 0 fully saturated rings. The number of hydrogen-bond acceptors (Lipinski definition) is 4. The highest BCUT2D eigenvalue weighted by atomic mass is 32.2. The average Bonchev–Trinajstić information content (AvgIpc) is 2.56. The van der Waals surface area contributed by atoms with Gasteiger partial charge < -0.3 is 4.74 Å². The van der Waals surface area contributed by atoms with Crippen molar-refractivity contribution in [1.82, 2.24) is 0 Å². The van der Waals surface area contributed by atoms with Crippen LogP contribution in [0.5, 0.6) is 5.75 Å². The molecule has 0 aliphatic carbocycles. The lowest BCUT2D eigenvalue weighted by molar-refractivity contribution is 0.0240. The summed E-state index contributed by atoms with van der Waals surface area (Å²) < 4.78 is 27.4. The summed E-state index contributed by atoms with van der Waals surface area (Å²) in [5.74, 6) is 5.94. The van der Waals surface area contributed by atoms with Gasteiger partial charge in [0.15, 0.2) is 0 Å². The fourth-order valence-electron chi connectivity index (χ4n) is 1.91. The highest BCUT2D eigenvalue weighted by Gasteiger charge is 2.13. The van der Waals surface area contributed by atoms with Crippen LogP contribution < -0.4 is 4.74 Å². The molecule has 0 bridgehead atoms. The standard InChI is InChI=1S/C18H18O4S/c1-3-4-14-20-23(19)22-15(2)21-18-13-9-8-12-17(18)16-10-6-5-7-11-16/h5-13,15H,14H2,1-2H3. The average molecular weight is 330 g/mol. The van der Waals surface area contributed by atoms with Crippen LogP contribution in [0.3, 0.4) is 0 Å². The van der Waals surface area contributed by atoms with Gasteiger partial charge in [0.05, 0.1) is 0 Å². The molecule has 2 unspecified atom stereocenters. The summed E-state index contributed by atoms with van der Waals surface area (Å²) >= 11 is -1.90. The summed E-state index contributed by atoms with van der Waals surface area (Å²) in [7, 11) is 0. The van der Waals surface area contributed by atoms with Gasteiger partial charge in [-0.05, 0) is 25.5 Å². The largest absolute Gasteiger partial charge is 0.463 e. The van der Waals surface area contributed by atoms with Crippen molar-refractivity contribution in [3.8, 4) is 28.7 Å². The Labute approximate surface area is 139 Å². The molecule has 5 heteroatoms. The monoisotopic (exact) mass is 330 g/mol. The van der Waals surface area contributed by atoms with Crippen LogP contribution in [0, 0.1) is 11.8 Å². The van der Waals surface area contributed by atoms with E-state index >= 15 is 0 Å². The van der Waals surface area contributed by atoms with Gasteiger partial charge in [-0.3, -0.25) is 4.18 Å². The quantitative estimate of drug-likeness (QED) is 0.573. The SMILES string of the molecule is CC#CCOS(=O)OC(C)Oc1ccccc1-c1ccccc1. The second-order valence-electron chi connectivity index (χ2n) is 4.54. The van der Waals surface area contributed by atoms with Crippen molar-refractivity contribution in [3.05, 3.63) is 54.6 Å². The van der Waals surface area contributed by atoms with E-state index in [4.69, 9.17) is 13.1 Å². The predicted molar refractivity (Wildman–Crippen MR) is 90.6 cm³/mol. The van der Waals surface area contributed by atoms with Gasteiger partial charge >= 0.3 is 11.4 Å². The van der Waals surface area contributed by atoms with Gasteiger partial charge in [0.2, 0.25) is 6.29 Å². The molecule has 2 atom stereocenters.